The lowest BCUT2D eigenvalue weighted by atomic mass is 9.44. The Bertz CT molecular complexity index is 2280. The smallest absolute Gasteiger partial charge is 0.338 e. The zero-order chi connectivity index (χ0) is 44.9. The predicted molar refractivity (Wildman–Crippen MR) is 226 cm³/mol. The minimum absolute atomic E-state index is 0.0157. The Hall–Kier alpha value is -5.60. The van der Waals surface area contributed by atoms with Crippen molar-refractivity contribution >= 4 is 23.8 Å². The lowest BCUT2D eigenvalue weighted by Crippen LogP contribution is -2.80. The molecule has 3 aromatic carbocycles. The van der Waals surface area contributed by atoms with E-state index in [9.17, 15) is 34.5 Å². The fourth-order valence-corrected chi connectivity index (χ4v) is 10.4. The summed E-state index contributed by atoms with van der Waals surface area (Å²) in [7, 11) is 0. The first-order chi connectivity index (χ1) is 29.3. The molecule has 328 valence electrons. The number of ether oxygens (including phenoxy) is 5. The molecule has 3 aliphatic carbocycles. The van der Waals surface area contributed by atoms with Crippen molar-refractivity contribution < 1.29 is 58.2 Å². The molecule has 3 fully saturated rings. The van der Waals surface area contributed by atoms with E-state index < -0.39 is 94.4 Å². The summed E-state index contributed by atoms with van der Waals surface area (Å²) in [5.41, 5.74) is -4.56. The fourth-order valence-electron chi connectivity index (χ4n) is 10.4. The van der Waals surface area contributed by atoms with Crippen LogP contribution in [0.5, 0.6) is 0 Å². The second kappa shape index (κ2) is 16.6. The van der Waals surface area contributed by atoms with Gasteiger partial charge in [-0.25, -0.2) is 4.79 Å². The Balaban J connectivity index is 1.39. The number of hydrogen-bond donors (Lipinski definition) is 4. The van der Waals surface area contributed by atoms with Gasteiger partial charge in [0, 0.05) is 43.1 Å². The first kappa shape index (κ1) is 44.5. The van der Waals surface area contributed by atoms with Crippen LogP contribution < -0.4 is 5.32 Å². The molecule has 0 aromatic heterocycles. The second-order valence-electron chi connectivity index (χ2n) is 17.7. The Kier molecular flexibility index (Phi) is 11.9. The van der Waals surface area contributed by atoms with Crippen LogP contribution in [0.3, 0.4) is 0 Å². The highest BCUT2D eigenvalue weighted by atomic mass is 16.6. The minimum Gasteiger partial charge on any atom is -0.488 e. The molecule has 3 aromatic rings. The highest BCUT2D eigenvalue weighted by molar-refractivity contribution is 5.94. The number of aliphatic hydroxyl groups excluding tert-OH is 2. The van der Waals surface area contributed by atoms with Gasteiger partial charge in [0.25, 0.3) is 5.91 Å². The number of aliphatic hydroxyl groups is 3. The Morgan fingerprint density at radius 1 is 0.855 bits per heavy atom. The number of hydrogen-bond acceptors (Lipinski definition) is 12. The summed E-state index contributed by atoms with van der Waals surface area (Å²) in [6.07, 6.45) is -8.01. The summed E-state index contributed by atoms with van der Waals surface area (Å²) >= 11 is 0. The van der Waals surface area contributed by atoms with E-state index >= 15 is 0 Å². The topological polar surface area (TPSA) is 187 Å². The molecule has 0 unspecified atom stereocenters. The largest absolute Gasteiger partial charge is 0.488 e. The second-order valence-corrected chi connectivity index (χ2v) is 17.7. The van der Waals surface area contributed by atoms with Crippen LogP contribution in [-0.2, 0) is 33.3 Å². The number of esters is 3. The van der Waals surface area contributed by atoms with E-state index in [1.165, 1.54) is 13.8 Å². The number of fused-ring (bicyclic) bond motifs is 5. The van der Waals surface area contributed by atoms with Crippen molar-refractivity contribution in [3.05, 3.63) is 143 Å². The van der Waals surface area contributed by atoms with Crippen LogP contribution in [0.1, 0.15) is 86.7 Å². The van der Waals surface area contributed by atoms with E-state index in [4.69, 9.17) is 23.7 Å². The number of rotatable bonds is 11. The number of nitrogens with one attached hydrogen (secondary N) is 1. The van der Waals surface area contributed by atoms with Gasteiger partial charge in [0.05, 0.1) is 30.2 Å². The summed E-state index contributed by atoms with van der Waals surface area (Å²) in [5.74, 6) is -4.02. The summed E-state index contributed by atoms with van der Waals surface area (Å²) in [6, 6.07) is 24.5. The lowest BCUT2D eigenvalue weighted by Gasteiger charge is -2.68. The molecule has 1 saturated heterocycles. The Morgan fingerprint density at radius 2 is 1.44 bits per heavy atom. The summed E-state index contributed by atoms with van der Waals surface area (Å²) in [6.45, 7) is 17.9. The third-order valence-electron chi connectivity index (χ3n) is 13.8. The molecule has 7 rings (SSSR count). The molecule has 1 aliphatic heterocycles. The average Bonchev–Trinajstić information content (AvgIpc) is 3.24. The summed E-state index contributed by atoms with van der Waals surface area (Å²) in [5, 5.41) is 41.1. The normalized spacial score (nSPS) is 31.9. The quantitative estimate of drug-likeness (QED) is 0.0799. The maximum Gasteiger partial charge on any atom is 0.338 e. The number of amides is 1. The number of carbonyl (C=O) groups is 4. The molecule has 4 N–H and O–H groups in total. The molecule has 11 atom stereocenters. The molecule has 2 bridgehead atoms. The van der Waals surface area contributed by atoms with E-state index in [1.54, 1.807) is 119 Å². The Morgan fingerprint density at radius 3 is 1.98 bits per heavy atom. The van der Waals surface area contributed by atoms with Crippen LogP contribution in [0.25, 0.3) is 0 Å². The molecule has 2 saturated carbocycles. The van der Waals surface area contributed by atoms with Gasteiger partial charge in [0.2, 0.25) is 0 Å². The minimum atomic E-state index is -2.17. The summed E-state index contributed by atoms with van der Waals surface area (Å²) in [4.78, 5) is 54.1. The van der Waals surface area contributed by atoms with Crippen molar-refractivity contribution in [1.29, 1.82) is 0 Å². The van der Waals surface area contributed by atoms with Crippen molar-refractivity contribution in [3.8, 4) is 0 Å². The molecule has 62 heavy (non-hydrogen) atoms. The van der Waals surface area contributed by atoms with Gasteiger partial charge < -0.3 is 44.3 Å². The predicted octanol–water partition coefficient (Wildman–Crippen LogP) is 5.71. The highest BCUT2D eigenvalue weighted by Gasteiger charge is 2.77. The molecular formula is C49H55NO12. The average molecular weight is 850 g/mol. The highest BCUT2D eigenvalue weighted by Crippen LogP contribution is 2.66. The zero-order valence-corrected chi connectivity index (χ0v) is 35.8. The number of benzene rings is 3. The van der Waals surface area contributed by atoms with Crippen molar-refractivity contribution in [2.75, 3.05) is 6.61 Å². The van der Waals surface area contributed by atoms with Gasteiger partial charge in [-0.05, 0) is 53.5 Å². The Labute approximate surface area is 361 Å². The molecule has 1 amide bonds. The van der Waals surface area contributed by atoms with Crippen molar-refractivity contribution in [1.82, 2.24) is 5.32 Å². The molecule has 1 heterocycles. The van der Waals surface area contributed by atoms with E-state index in [0.717, 1.165) is 0 Å². The van der Waals surface area contributed by atoms with Crippen LogP contribution in [0, 0.1) is 16.7 Å². The summed E-state index contributed by atoms with van der Waals surface area (Å²) < 4.78 is 31.6. The molecule has 0 spiro atoms. The van der Waals surface area contributed by atoms with Crippen LogP contribution in [0.15, 0.2) is 127 Å². The SMILES string of the molecule is C=C(O[C@H]1C[C@@]2(O)[C@@H](OC(=O)c3ccccc3)[C@@H]3[C@]4(OC(C)=O)CO[C@@H]4C[C@H](O)[C@@]3(C)C(=C)[C@H](OC(C)=O)C(=C1C)C2(C)C)[C@H](O)[C@@H](NC(=O)c1ccccc1)c1ccccc1. The van der Waals surface area contributed by atoms with Crippen molar-refractivity contribution in [2.24, 2.45) is 16.7 Å². The van der Waals surface area contributed by atoms with Gasteiger partial charge in [0.15, 0.2) is 5.60 Å². The lowest BCUT2D eigenvalue weighted by molar-refractivity contribution is -0.346. The maximum atomic E-state index is 14.4. The van der Waals surface area contributed by atoms with E-state index in [0.29, 0.717) is 22.3 Å². The third-order valence-corrected chi connectivity index (χ3v) is 13.8. The van der Waals surface area contributed by atoms with Crippen molar-refractivity contribution in [2.45, 2.75) is 108 Å². The van der Waals surface area contributed by atoms with Crippen LogP contribution in [-0.4, -0.2) is 93.6 Å². The monoisotopic (exact) mass is 849 g/mol. The van der Waals surface area contributed by atoms with E-state index in [1.807, 2.05) is 0 Å². The standard InChI is InChI=1S/C49H55NO12/c1-27-35(59-29(3)40(54)39(32-18-12-9-13-19-32)50-44(55)33-20-14-10-15-21-33)25-49(57)43(61-45(56)34-22-16-11-17-23-34)42-47(8,28(2)41(60-30(4)51)38(27)46(49,6)7)36(53)24-37-48(42,26-58-37)62-31(5)52/h9-23,35-37,39-43,53-54,57H,2-3,24-26H2,1,4-8H3,(H,50,55)/t35-,36-,37+,39-,40-,41-,42-,43-,47+,48-,49+/m0/s1. The zero-order valence-electron chi connectivity index (χ0n) is 35.8. The fraction of sp³-hybridized carbons (Fsp3) is 0.429. The maximum absolute atomic E-state index is 14.4. The van der Waals surface area contributed by atoms with Gasteiger partial charge in [-0.2, -0.15) is 0 Å². The first-order valence-corrected chi connectivity index (χ1v) is 20.8. The van der Waals surface area contributed by atoms with Crippen LogP contribution >= 0.6 is 0 Å². The molecular weight excluding hydrogens is 795 g/mol. The van der Waals surface area contributed by atoms with E-state index in [2.05, 4.69) is 18.5 Å². The third kappa shape index (κ3) is 7.34. The van der Waals surface area contributed by atoms with Crippen molar-refractivity contribution in [3.63, 3.8) is 0 Å². The van der Waals surface area contributed by atoms with Gasteiger partial charge in [-0.1, -0.05) is 101 Å². The molecule has 4 aliphatic rings. The van der Waals surface area contributed by atoms with Gasteiger partial charge in [-0.3, -0.25) is 14.4 Å². The van der Waals surface area contributed by atoms with Gasteiger partial charge in [-0.15, -0.1) is 0 Å². The number of carbonyl (C=O) groups excluding carboxylic acids is 4. The molecule has 0 radical (unpaired) electrons. The van der Waals surface area contributed by atoms with Crippen LogP contribution in [0.2, 0.25) is 0 Å². The molecule has 13 heteroatoms. The first-order valence-electron chi connectivity index (χ1n) is 20.8. The van der Waals surface area contributed by atoms with E-state index in [-0.39, 0.29) is 36.3 Å². The molecule has 13 nitrogen and oxygen atoms in total. The van der Waals surface area contributed by atoms with Gasteiger partial charge in [0.1, 0.15) is 41.9 Å². The van der Waals surface area contributed by atoms with Crippen LogP contribution in [0.4, 0.5) is 0 Å². The van der Waals surface area contributed by atoms with Gasteiger partial charge >= 0.3 is 17.9 Å².